The summed E-state index contributed by atoms with van der Waals surface area (Å²) in [6.45, 7) is 0. The normalized spacial score (nSPS) is 10.5. The first-order valence-corrected chi connectivity index (χ1v) is 6.50. The molecule has 0 spiro atoms. The van der Waals surface area contributed by atoms with Gasteiger partial charge in [-0.15, -0.1) is 0 Å². The van der Waals surface area contributed by atoms with Crippen LogP contribution in [0.1, 0.15) is 11.4 Å². The quantitative estimate of drug-likeness (QED) is 0.796. The molecule has 0 unspecified atom stereocenters. The number of phenols is 1. The third-order valence-electron chi connectivity index (χ3n) is 3.11. The van der Waals surface area contributed by atoms with Gasteiger partial charge >= 0.3 is 0 Å². The molecule has 3 rings (SSSR count). The lowest BCUT2D eigenvalue weighted by molar-refractivity contribution is 0.407. The van der Waals surface area contributed by atoms with Crippen LogP contribution in [0.2, 0.25) is 0 Å². The Hall–Kier alpha value is -2.82. The first kappa shape index (κ1) is 13.2. The van der Waals surface area contributed by atoms with E-state index in [9.17, 15) is 5.11 Å². The topological polar surface area (TPSA) is 68.4 Å². The lowest BCUT2D eigenvalue weighted by atomic mass is 10.1. The van der Waals surface area contributed by atoms with Crippen LogP contribution in [0.5, 0.6) is 11.5 Å². The highest BCUT2D eigenvalue weighted by atomic mass is 16.5. The average molecular weight is 282 g/mol. The van der Waals surface area contributed by atoms with E-state index in [1.807, 2.05) is 30.3 Å². The summed E-state index contributed by atoms with van der Waals surface area (Å²) >= 11 is 0. The zero-order valence-corrected chi connectivity index (χ0v) is 11.5. The molecule has 0 saturated heterocycles. The molecule has 5 nitrogen and oxygen atoms in total. The van der Waals surface area contributed by atoms with Crippen LogP contribution in [-0.4, -0.2) is 22.4 Å². The lowest BCUT2D eigenvalue weighted by Gasteiger charge is -2.02. The minimum atomic E-state index is 0.0747. The van der Waals surface area contributed by atoms with E-state index in [2.05, 4.69) is 10.1 Å². The number of methoxy groups -OCH3 is 1. The summed E-state index contributed by atoms with van der Waals surface area (Å²) in [4.78, 5) is 4.32. The minimum absolute atomic E-state index is 0.0747. The van der Waals surface area contributed by atoms with Crippen molar-refractivity contribution in [2.75, 3.05) is 7.11 Å². The molecule has 0 atom stereocenters. The Morgan fingerprint density at radius 3 is 2.71 bits per heavy atom. The molecule has 2 aromatic carbocycles. The maximum Gasteiger partial charge on any atom is 0.261 e. The Bertz CT molecular complexity index is 738. The molecule has 1 heterocycles. The predicted molar refractivity (Wildman–Crippen MR) is 77.2 cm³/mol. The van der Waals surface area contributed by atoms with Crippen molar-refractivity contribution in [3.63, 3.8) is 0 Å². The largest absolute Gasteiger partial charge is 0.507 e. The van der Waals surface area contributed by atoms with Crippen molar-refractivity contribution in [2.24, 2.45) is 0 Å². The van der Waals surface area contributed by atoms with Crippen molar-refractivity contribution >= 4 is 0 Å². The first-order valence-electron chi connectivity index (χ1n) is 6.50. The van der Waals surface area contributed by atoms with Gasteiger partial charge in [-0.25, -0.2) is 0 Å². The van der Waals surface area contributed by atoms with Crippen LogP contribution in [0, 0.1) is 0 Å². The second-order valence-corrected chi connectivity index (χ2v) is 4.56. The van der Waals surface area contributed by atoms with Gasteiger partial charge in [0.15, 0.2) is 5.82 Å². The fourth-order valence-electron chi connectivity index (χ4n) is 2.03. The van der Waals surface area contributed by atoms with Gasteiger partial charge in [0.05, 0.1) is 12.7 Å². The average Bonchev–Trinajstić information content (AvgIpc) is 2.97. The van der Waals surface area contributed by atoms with Crippen molar-refractivity contribution in [2.45, 2.75) is 6.42 Å². The summed E-state index contributed by atoms with van der Waals surface area (Å²) in [6.07, 6.45) is 0.578. The summed E-state index contributed by atoms with van der Waals surface area (Å²) in [7, 11) is 1.56. The summed E-state index contributed by atoms with van der Waals surface area (Å²) in [5.74, 6) is 1.53. The number of phenolic OH excluding ortho intramolecular Hbond substituents is 1. The number of hydrogen-bond acceptors (Lipinski definition) is 5. The SMILES string of the molecule is COc1ccc(O)c(-c2nc(Cc3ccccc3)no2)c1. The number of aromatic hydroxyl groups is 1. The second-order valence-electron chi connectivity index (χ2n) is 4.56. The molecule has 21 heavy (non-hydrogen) atoms. The van der Waals surface area contributed by atoms with Crippen LogP contribution in [-0.2, 0) is 6.42 Å². The Kier molecular flexibility index (Phi) is 3.55. The van der Waals surface area contributed by atoms with E-state index in [4.69, 9.17) is 9.26 Å². The molecule has 0 saturated carbocycles. The number of ether oxygens (including phenoxy) is 1. The van der Waals surface area contributed by atoms with Gasteiger partial charge in [0, 0.05) is 6.42 Å². The Labute approximate surface area is 121 Å². The number of hydrogen-bond donors (Lipinski definition) is 1. The number of rotatable bonds is 4. The van der Waals surface area contributed by atoms with E-state index in [0.29, 0.717) is 23.6 Å². The fraction of sp³-hybridized carbons (Fsp3) is 0.125. The number of nitrogens with zero attached hydrogens (tertiary/aromatic N) is 2. The maximum absolute atomic E-state index is 9.90. The Morgan fingerprint density at radius 1 is 1.14 bits per heavy atom. The van der Waals surface area contributed by atoms with Gasteiger partial charge in [-0.05, 0) is 23.8 Å². The molecule has 1 N–H and O–H groups in total. The van der Waals surface area contributed by atoms with Gasteiger partial charge in [-0.1, -0.05) is 35.5 Å². The van der Waals surface area contributed by atoms with E-state index >= 15 is 0 Å². The van der Waals surface area contributed by atoms with E-state index in [1.54, 1.807) is 19.2 Å². The molecule has 0 aliphatic heterocycles. The van der Waals surface area contributed by atoms with Crippen LogP contribution in [0.4, 0.5) is 0 Å². The summed E-state index contributed by atoms with van der Waals surface area (Å²) < 4.78 is 10.4. The van der Waals surface area contributed by atoms with Crippen LogP contribution in [0.15, 0.2) is 53.1 Å². The van der Waals surface area contributed by atoms with Crippen molar-refractivity contribution in [3.05, 3.63) is 59.9 Å². The molecule has 106 valence electrons. The molecule has 3 aromatic rings. The molecule has 0 radical (unpaired) electrons. The molecule has 0 fully saturated rings. The fourth-order valence-corrected chi connectivity index (χ4v) is 2.03. The molecule has 1 aromatic heterocycles. The highest BCUT2D eigenvalue weighted by Gasteiger charge is 2.14. The standard InChI is InChI=1S/C16H14N2O3/c1-20-12-7-8-14(19)13(10-12)16-17-15(18-21-16)9-11-5-3-2-4-6-11/h2-8,10,19H,9H2,1H3. The van der Waals surface area contributed by atoms with Gasteiger partial charge < -0.3 is 14.4 Å². The summed E-state index contributed by atoms with van der Waals surface area (Å²) in [5.41, 5.74) is 1.56. The predicted octanol–water partition coefficient (Wildman–Crippen LogP) is 3.04. The van der Waals surface area contributed by atoms with Crippen LogP contribution in [0.25, 0.3) is 11.5 Å². The van der Waals surface area contributed by atoms with E-state index in [0.717, 1.165) is 5.56 Å². The third kappa shape index (κ3) is 2.86. The van der Waals surface area contributed by atoms with Crippen molar-refractivity contribution in [1.82, 2.24) is 10.1 Å². The molecule has 0 amide bonds. The van der Waals surface area contributed by atoms with Gasteiger partial charge in [-0.2, -0.15) is 4.98 Å². The monoisotopic (exact) mass is 282 g/mol. The number of benzene rings is 2. The highest BCUT2D eigenvalue weighted by molar-refractivity contribution is 5.64. The summed E-state index contributed by atoms with van der Waals surface area (Å²) in [6, 6.07) is 14.7. The molecule has 0 bridgehead atoms. The first-order chi connectivity index (χ1) is 10.3. The van der Waals surface area contributed by atoms with Gasteiger partial charge in [0.2, 0.25) is 0 Å². The third-order valence-corrected chi connectivity index (χ3v) is 3.11. The zero-order valence-electron chi connectivity index (χ0n) is 11.5. The van der Waals surface area contributed by atoms with Crippen LogP contribution in [0.3, 0.4) is 0 Å². The Balaban J connectivity index is 1.88. The van der Waals surface area contributed by atoms with Crippen molar-refractivity contribution in [3.8, 4) is 23.0 Å². The number of aromatic nitrogens is 2. The van der Waals surface area contributed by atoms with Crippen LogP contribution < -0.4 is 4.74 Å². The Morgan fingerprint density at radius 2 is 1.95 bits per heavy atom. The molecule has 0 aliphatic carbocycles. The maximum atomic E-state index is 9.90. The molecule has 5 heteroatoms. The zero-order chi connectivity index (χ0) is 14.7. The van der Waals surface area contributed by atoms with Gasteiger partial charge in [0.1, 0.15) is 11.5 Å². The van der Waals surface area contributed by atoms with Gasteiger partial charge in [0.25, 0.3) is 5.89 Å². The van der Waals surface area contributed by atoms with E-state index < -0.39 is 0 Å². The van der Waals surface area contributed by atoms with E-state index in [-0.39, 0.29) is 11.6 Å². The lowest BCUT2D eigenvalue weighted by Crippen LogP contribution is -1.90. The van der Waals surface area contributed by atoms with E-state index in [1.165, 1.54) is 6.07 Å². The second kappa shape index (κ2) is 5.66. The molecular weight excluding hydrogens is 268 g/mol. The molecule has 0 aliphatic rings. The smallest absolute Gasteiger partial charge is 0.261 e. The van der Waals surface area contributed by atoms with Crippen molar-refractivity contribution in [1.29, 1.82) is 0 Å². The molecular formula is C16H14N2O3. The van der Waals surface area contributed by atoms with Gasteiger partial charge in [-0.3, -0.25) is 0 Å². The summed E-state index contributed by atoms with van der Waals surface area (Å²) in [5, 5.41) is 13.8. The van der Waals surface area contributed by atoms with Crippen LogP contribution >= 0.6 is 0 Å². The minimum Gasteiger partial charge on any atom is -0.507 e. The highest BCUT2D eigenvalue weighted by Crippen LogP contribution is 2.31. The van der Waals surface area contributed by atoms with Crippen molar-refractivity contribution < 1.29 is 14.4 Å².